The average Bonchev–Trinajstić information content (AvgIpc) is 2.77. The lowest BCUT2D eigenvalue weighted by Gasteiger charge is -2.35. The molecule has 0 aromatic carbocycles. The standard InChI is InChI=1S/C13H18BrNOS/c14-11-8-17-7-10(11)12(16)6-13(9-15)4-2-1-3-5-13/h7-8H,1-6,9,15H2. The van der Waals surface area contributed by atoms with Crippen LogP contribution >= 0.6 is 27.3 Å². The van der Waals surface area contributed by atoms with E-state index in [0.717, 1.165) is 22.9 Å². The Bertz CT molecular complexity index is 396. The number of ketones is 1. The van der Waals surface area contributed by atoms with Gasteiger partial charge in [0.25, 0.3) is 0 Å². The van der Waals surface area contributed by atoms with Gasteiger partial charge in [-0.05, 0) is 40.7 Å². The second kappa shape index (κ2) is 5.63. The molecular formula is C13H18BrNOS. The van der Waals surface area contributed by atoms with Crippen LogP contribution < -0.4 is 5.73 Å². The third-order valence-electron chi connectivity index (χ3n) is 3.80. The summed E-state index contributed by atoms with van der Waals surface area (Å²) in [4.78, 5) is 12.3. The van der Waals surface area contributed by atoms with Gasteiger partial charge in [0, 0.05) is 27.2 Å². The van der Waals surface area contributed by atoms with Crippen LogP contribution in [0.2, 0.25) is 0 Å². The first-order chi connectivity index (χ1) is 8.17. The smallest absolute Gasteiger partial charge is 0.165 e. The van der Waals surface area contributed by atoms with E-state index in [9.17, 15) is 4.79 Å². The van der Waals surface area contributed by atoms with Crippen molar-refractivity contribution in [3.8, 4) is 0 Å². The number of rotatable bonds is 4. The van der Waals surface area contributed by atoms with E-state index in [1.807, 2.05) is 10.8 Å². The molecule has 1 fully saturated rings. The number of nitrogens with two attached hydrogens (primary N) is 1. The van der Waals surface area contributed by atoms with Crippen molar-refractivity contribution in [2.75, 3.05) is 6.54 Å². The van der Waals surface area contributed by atoms with Crippen LogP contribution in [0.25, 0.3) is 0 Å². The van der Waals surface area contributed by atoms with Crippen molar-refractivity contribution in [2.24, 2.45) is 11.1 Å². The van der Waals surface area contributed by atoms with E-state index >= 15 is 0 Å². The maximum atomic E-state index is 12.3. The van der Waals surface area contributed by atoms with Crippen molar-refractivity contribution in [3.05, 3.63) is 20.8 Å². The second-order valence-electron chi connectivity index (χ2n) is 5.00. The summed E-state index contributed by atoms with van der Waals surface area (Å²) >= 11 is 4.99. The highest BCUT2D eigenvalue weighted by Crippen LogP contribution is 2.40. The van der Waals surface area contributed by atoms with Crippen LogP contribution in [-0.2, 0) is 0 Å². The monoisotopic (exact) mass is 315 g/mol. The number of hydrogen-bond donors (Lipinski definition) is 1. The molecule has 1 saturated carbocycles. The number of carbonyl (C=O) groups is 1. The van der Waals surface area contributed by atoms with Gasteiger partial charge in [0.05, 0.1) is 0 Å². The fraction of sp³-hybridized carbons (Fsp3) is 0.615. The van der Waals surface area contributed by atoms with Crippen molar-refractivity contribution in [3.63, 3.8) is 0 Å². The molecule has 0 radical (unpaired) electrons. The van der Waals surface area contributed by atoms with Gasteiger partial charge in [-0.25, -0.2) is 0 Å². The molecule has 1 aliphatic rings. The topological polar surface area (TPSA) is 43.1 Å². The van der Waals surface area contributed by atoms with E-state index in [0.29, 0.717) is 13.0 Å². The van der Waals surface area contributed by atoms with Crippen molar-refractivity contribution in [1.29, 1.82) is 0 Å². The highest BCUT2D eigenvalue weighted by atomic mass is 79.9. The molecule has 1 aromatic rings. The maximum Gasteiger partial charge on any atom is 0.165 e. The summed E-state index contributed by atoms with van der Waals surface area (Å²) in [6.45, 7) is 0.639. The van der Waals surface area contributed by atoms with Gasteiger partial charge in [-0.2, -0.15) is 11.3 Å². The van der Waals surface area contributed by atoms with E-state index in [4.69, 9.17) is 5.73 Å². The van der Waals surface area contributed by atoms with Gasteiger partial charge in [-0.15, -0.1) is 0 Å². The Morgan fingerprint density at radius 2 is 2.06 bits per heavy atom. The van der Waals surface area contributed by atoms with Gasteiger partial charge in [-0.3, -0.25) is 4.79 Å². The Balaban J connectivity index is 2.08. The summed E-state index contributed by atoms with van der Waals surface area (Å²) in [5.41, 5.74) is 6.81. The molecule has 0 saturated heterocycles. The Hall–Kier alpha value is -0.190. The summed E-state index contributed by atoms with van der Waals surface area (Å²) in [6.07, 6.45) is 6.55. The van der Waals surface area contributed by atoms with Gasteiger partial charge in [0.2, 0.25) is 0 Å². The minimum Gasteiger partial charge on any atom is -0.330 e. The van der Waals surface area contributed by atoms with Crippen molar-refractivity contribution < 1.29 is 4.79 Å². The van der Waals surface area contributed by atoms with E-state index in [1.54, 1.807) is 11.3 Å². The highest BCUT2D eigenvalue weighted by Gasteiger charge is 2.33. The van der Waals surface area contributed by atoms with Crippen LogP contribution in [0.4, 0.5) is 0 Å². The largest absolute Gasteiger partial charge is 0.330 e. The van der Waals surface area contributed by atoms with Crippen LogP contribution in [0.1, 0.15) is 48.9 Å². The van der Waals surface area contributed by atoms with E-state index in [1.165, 1.54) is 19.3 Å². The minimum absolute atomic E-state index is 0.0662. The molecule has 2 N–H and O–H groups in total. The molecule has 4 heteroatoms. The number of hydrogen-bond acceptors (Lipinski definition) is 3. The Labute approximate surface area is 115 Å². The lowest BCUT2D eigenvalue weighted by atomic mass is 9.70. The number of carbonyl (C=O) groups excluding carboxylic acids is 1. The quantitative estimate of drug-likeness (QED) is 0.854. The fourth-order valence-corrected chi connectivity index (χ4v) is 4.19. The first-order valence-corrected chi connectivity index (χ1v) is 7.85. The molecule has 0 bridgehead atoms. The van der Waals surface area contributed by atoms with Crippen LogP contribution in [0.15, 0.2) is 15.2 Å². The molecule has 0 amide bonds. The minimum atomic E-state index is 0.0662. The van der Waals surface area contributed by atoms with Crippen molar-refractivity contribution in [2.45, 2.75) is 38.5 Å². The fourth-order valence-electron chi connectivity index (χ4n) is 2.67. The molecule has 94 valence electrons. The Morgan fingerprint density at radius 1 is 1.35 bits per heavy atom. The molecule has 1 aliphatic carbocycles. The van der Waals surface area contributed by atoms with E-state index < -0.39 is 0 Å². The molecule has 17 heavy (non-hydrogen) atoms. The number of Topliss-reactive ketones (excluding diaryl/α,β-unsaturated/α-hetero) is 1. The van der Waals surface area contributed by atoms with Crippen LogP contribution in [0.5, 0.6) is 0 Å². The predicted molar refractivity (Wildman–Crippen MR) is 75.5 cm³/mol. The summed E-state index contributed by atoms with van der Waals surface area (Å²) in [5.74, 6) is 0.241. The SMILES string of the molecule is NCC1(CC(=O)c2cscc2Br)CCCCC1. The van der Waals surface area contributed by atoms with Crippen molar-refractivity contribution >= 4 is 33.0 Å². The number of halogens is 1. The van der Waals surface area contributed by atoms with Crippen LogP contribution in [-0.4, -0.2) is 12.3 Å². The zero-order valence-electron chi connectivity index (χ0n) is 9.88. The van der Waals surface area contributed by atoms with Crippen LogP contribution in [0.3, 0.4) is 0 Å². The normalized spacial score (nSPS) is 19.2. The summed E-state index contributed by atoms with van der Waals surface area (Å²) in [5, 5.41) is 3.89. The van der Waals surface area contributed by atoms with Crippen molar-refractivity contribution in [1.82, 2.24) is 0 Å². The van der Waals surface area contributed by atoms with Gasteiger partial charge < -0.3 is 5.73 Å². The summed E-state index contributed by atoms with van der Waals surface area (Å²) in [6, 6.07) is 0. The van der Waals surface area contributed by atoms with Gasteiger partial charge in [0.1, 0.15) is 0 Å². The number of thiophene rings is 1. The van der Waals surface area contributed by atoms with E-state index in [-0.39, 0.29) is 11.2 Å². The Kier molecular flexibility index (Phi) is 4.39. The molecule has 0 atom stereocenters. The molecule has 0 aliphatic heterocycles. The zero-order valence-corrected chi connectivity index (χ0v) is 12.3. The first kappa shape index (κ1) is 13.2. The summed E-state index contributed by atoms with van der Waals surface area (Å²) < 4.78 is 0.926. The molecule has 0 unspecified atom stereocenters. The van der Waals surface area contributed by atoms with E-state index in [2.05, 4.69) is 15.9 Å². The third-order valence-corrected chi connectivity index (χ3v) is 5.50. The molecule has 2 nitrogen and oxygen atoms in total. The highest BCUT2D eigenvalue weighted by molar-refractivity contribution is 9.10. The summed E-state index contributed by atoms with van der Waals surface area (Å²) in [7, 11) is 0. The van der Waals surface area contributed by atoms with Gasteiger partial charge >= 0.3 is 0 Å². The lowest BCUT2D eigenvalue weighted by molar-refractivity contribution is 0.0867. The Morgan fingerprint density at radius 3 is 2.59 bits per heavy atom. The third kappa shape index (κ3) is 2.98. The molecule has 2 rings (SSSR count). The average molecular weight is 316 g/mol. The lowest BCUT2D eigenvalue weighted by Crippen LogP contribution is -2.35. The first-order valence-electron chi connectivity index (χ1n) is 6.12. The molecule has 1 heterocycles. The predicted octanol–water partition coefficient (Wildman–Crippen LogP) is 3.99. The van der Waals surface area contributed by atoms with Gasteiger partial charge in [0.15, 0.2) is 5.78 Å². The second-order valence-corrected chi connectivity index (χ2v) is 6.60. The van der Waals surface area contributed by atoms with Gasteiger partial charge in [-0.1, -0.05) is 19.3 Å². The molecular weight excluding hydrogens is 298 g/mol. The molecule has 0 spiro atoms. The molecule has 1 aromatic heterocycles. The maximum absolute atomic E-state index is 12.3. The zero-order chi connectivity index (χ0) is 12.3. The van der Waals surface area contributed by atoms with Crippen LogP contribution in [0, 0.1) is 5.41 Å².